The maximum absolute atomic E-state index is 13.2. The fraction of sp³-hybridized carbons (Fsp3) is 0.435. The summed E-state index contributed by atoms with van der Waals surface area (Å²) in [5.74, 6) is -0.466. The molecule has 2 heterocycles. The summed E-state index contributed by atoms with van der Waals surface area (Å²) in [5.41, 5.74) is -4.07. The Balaban J connectivity index is 1.98. The van der Waals surface area contributed by atoms with Crippen molar-refractivity contribution in [1.29, 1.82) is 0 Å². The van der Waals surface area contributed by atoms with Crippen molar-refractivity contribution < 1.29 is 35.3 Å². The van der Waals surface area contributed by atoms with Gasteiger partial charge in [-0.25, -0.2) is 23.5 Å². The number of amides is 1. The van der Waals surface area contributed by atoms with Crippen LogP contribution >= 0.6 is 0 Å². The molecule has 1 N–H and O–H groups in total. The number of rotatable bonds is 8. The van der Waals surface area contributed by atoms with E-state index in [9.17, 15) is 35.3 Å². The number of nitrogens with zero attached hydrogens (tertiary/aromatic N) is 7. The minimum atomic E-state index is -5.11. The molecule has 17 heteroatoms. The fourth-order valence-electron chi connectivity index (χ4n) is 3.52. The lowest BCUT2D eigenvalue weighted by Gasteiger charge is -2.18. The largest absolute Gasteiger partial charge is 0.416 e. The number of carbonyl (C=O) groups is 1. The molecule has 0 saturated carbocycles. The zero-order valence-electron chi connectivity index (χ0n) is 22.0. The number of halogens is 6. The molecule has 0 aliphatic heterocycles. The monoisotopic (exact) mass is 592 g/mol. The Kier molecular flexibility index (Phi) is 8.88. The number of hydrogen-bond acceptors (Lipinski definition) is 7. The van der Waals surface area contributed by atoms with E-state index in [-0.39, 0.29) is 35.1 Å². The van der Waals surface area contributed by atoms with E-state index in [4.69, 9.17) is 0 Å². The molecule has 3 rings (SSSR count). The van der Waals surface area contributed by atoms with E-state index >= 15 is 0 Å². The van der Waals surface area contributed by atoms with Crippen molar-refractivity contribution in [2.24, 2.45) is 4.36 Å². The number of aryl methyl sites for hydroxylation is 1. The van der Waals surface area contributed by atoms with Crippen LogP contribution in [0.25, 0.3) is 5.82 Å². The third-order valence-electron chi connectivity index (χ3n) is 5.72. The van der Waals surface area contributed by atoms with E-state index in [2.05, 4.69) is 29.7 Å². The van der Waals surface area contributed by atoms with Crippen LogP contribution in [0, 0.1) is 6.92 Å². The summed E-state index contributed by atoms with van der Waals surface area (Å²) in [6.07, 6.45) is -9.06. The molecule has 2 atom stereocenters. The van der Waals surface area contributed by atoms with Gasteiger partial charge >= 0.3 is 12.4 Å². The molecule has 2 aromatic heterocycles. The molecule has 40 heavy (non-hydrogen) atoms. The van der Waals surface area contributed by atoms with Crippen molar-refractivity contribution in [1.82, 2.24) is 34.4 Å². The Morgan fingerprint density at radius 3 is 2.20 bits per heavy atom. The molecule has 0 fully saturated rings. The van der Waals surface area contributed by atoms with E-state index < -0.39 is 50.9 Å². The lowest BCUT2D eigenvalue weighted by atomic mass is 10.0. The van der Waals surface area contributed by atoms with Crippen LogP contribution in [-0.4, -0.2) is 58.5 Å². The molecule has 0 aliphatic carbocycles. The highest BCUT2D eigenvalue weighted by Crippen LogP contribution is 2.36. The second kappa shape index (κ2) is 11.5. The number of benzene rings is 1. The van der Waals surface area contributed by atoms with Gasteiger partial charge in [0.2, 0.25) is 0 Å². The molecule has 1 aromatic carbocycles. The van der Waals surface area contributed by atoms with E-state index in [1.807, 2.05) is 6.92 Å². The molecule has 3 aromatic rings. The molecule has 218 valence electrons. The van der Waals surface area contributed by atoms with Gasteiger partial charge in [0.1, 0.15) is 22.1 Å². The number of alkyl halides is 6. The lowest BCUT2D eigenvalue weighted by Crippen LogP contribution is -2.29. The van der Waals surface area contributed by atoms with Crippen molar-refractivity contribution in [3.05, 3.63) is 58.9 Å². The number of nitrogens with one attached hydrogen (secondary N) is 1. The topological polar surface area (TPSA) is 118 Å². The van der Waals surface area contributed by atoms with Crippen LogP contribution in [0.15, 0.2) is 35.0 Å². The average molecular weight is 593 g/mol. The van der Waals surface area contributed by atoms with Gasteiger partial charge in [-0.05, 0) is 32.0 Å². The van der Waals surface area contributed by atoms with Gasteiger partial charge in [-0.3, -0.25) is 4.79 Å². The summed E-state index contributed by atoms with van der Waals surface area (Å²) in [4.78, 5) is 25.2. The van der Waals surface area contributed by atoms with Crippen molar-refractivity contribution in [2.45, 2.75) is 46.1 Å². The zero-order valence-corrected chi connectivity index (χ0v) is 22.8. The molecule has 0 aliphatic rings. The fourth-order valence-corrected chi connectivity index (χ4v) is 5.02. The molecule has 0 bridgehead atoms. The highest BCUT2D eigenvalue weighted by molar-refractivity contribution is 7.91. The Morgan fingerprint density at radius 1 is 1.07 bits per heavy atom. The highest BCUT2D eigenvalue weighted by Gasteiger charge is 2.37. The van der Waals surface area contributed by atoms with Crippen LogP contribution < -0.4 is 5.32 Å². The first-order valence-corrected chi connectivity index (χ1v) is 13.4. The normalized spacial score (nSPS) is 14.6. The molecule has 0 radical (unpaired) electrons. The minimum Gasteiger partial charge on any atom is -0.342 e. The van der Waals surface area contributed by atoms with Crippen LogP contribution in [0.2, 0.25) is 0 Å². The third-order valence-corrected chi connectivity index (χ3v) is 8.18. The van der Waals surface area contributed by atoms with Crippen LogP contribution in [0.1, 0.15) is 59.9 Å². The Labute approximate surface area is 226 Å². The number of aromatic nitrogens is 5. The maximum Gasteiger partial charge on any atom is 0.416 e. The third kappa shape index (κ3) is 6.93. The summed E-state index contributed by atoms with van der Waals surface area (Å²) in [6.45, 7) is 6.95. The van der Waals surface area contributed by atoms with Gasteiger partial charge in [0.05, 0.1) is 17.2 Å². The van der Waals surface area contributed by atoms with E-state index in [0.717, 1.165) is 6.33 Å². The quantitative estimate of drug-likeness (QED) is 0.373. The standard InChI is InChI=1S/C23H26F6N8O2S/c1-6-36(5)40(39,7-2)35-18-11-19(31-12-30-18)37-20(33-14(4)34-37)13(3)32-21(38)15-8-16(22(24,25)26)10-17(9-15)23(27,28)29/h8-13H,6-7H2,1-5H3,(H,32,38)/t13-,40?/m0/s1. The number of hydrogen-bond donors (Lipinski definition) is 1. The van der Waals surface area contributed by atoms with Crippen LogP contribution in [0.4, 0.5) is 32.2 Å². The van der Waals surface area contributed by atoms with Crippen molar-refractivity contribution >= 4 is 21.6 Å². The van der Waals surface area contributed by atoms with Gasteiger partial charge in [-0.1, -0.05) is 13.8 Å². The van der Waals surface area contributed by atoms with Crippen molar-refractivity contribution in [3.8, 4) is 5.82 Å². The first-order valence-electron chi connectivity index (χ1n) is 11.8. The summed E-state index contributed by atoms with van der Waals surface area (Å²) in [5, 5.41) is 6.59. The van der Waals surface area contributed by atoms with Gasteiger partial charge in [-0.15, -0.1) is 5.10 Å². The minimum absolute atomic E-state index is 0.0624. The average Bonchev–Trinajstić information content (AvgIpc) is 3.28. The molecule has 1 amide bonds. The van der Waals surface area contributed by atoms with Gasteiger partial charge < -0.3 is 5.32 Å². The summed E-state index contributed by atoms with van der Waals surface area (Å²) >= 11 is 0. The molecule has 0 spiro atoms. The van der Waals surface area contributed by atoms with Crippen LogP contribution in [0.3, 0.4) is 0 Å². The second-order valence-corrected chi connectivity index (χ2v) is 11.2. The molecule has 1 unspecified atom stereocenters. The lowest BCUT2D eigenvalue weighted by molar-refractivity contribution is -0.143. The highest BCUT2D eigenvalue weighted by atomic mass is 32.2. The Hall–Kier alpha value is -3.60. The van der Waals surface area contributed by atoms with Gasteiger partial charge in [0.25, 0.3) is 5.91 Å². The first-order chi connectivity index (χ1) is 18.5. The molecular formula is C23H26F6N8O2S. The maximum atomic E-state index is 13.2. The van der Waals surface area contributed by atoms with E-state index in [1.165, 1.54) is 24.6 Å². The van der Waals surface area contributed by atoms with E-state index in [0.29, 0.717) is 18.7 Å². The Morgan fingerprint density at radius 2 is 1.68 bits per heavy atom. The summed E-state index contributed by atoms with van der Waals surface area (Å²) < 4.78 is 99.6. The predicted molar refractivity (Wildman–Crippen MR) is 133 cm³/mol. The summed E-state index contributed by atoms with van der Waals surface area (Å²) in [7, 11) is -1.14. The van der Waals surface area contributed by atoms with Crippen molar-refractivity contribution in [3.63, 3.8) is 0 Å². The van der Waals surface area contributed by atoms with Crippen molar-refractivity contribution in [2.75, 3.05) is 19.3 Å². The van der Waals surface area contributed by atoms with Crippen LogP contribution in [0.5, 0.6) is 0 Å². The zero-order chi connectivity index (χ0) is 30.0. The SMILES string of the molecule is CCN(C)S(=O)(CC)=Nc1cc(-n2nc(C)nc2[C@H](C)NC(=O)c2cc(C(F)(F)F)cc(C(F)(F)F)c2)ncn1. The van der Waals surface area contributed by atoms with Gasteiger partial charge in [0.15, 0.2) is 17.5 Å². The predicted octanol–water partition coefficient (Wildman–Crippen LogP) is 4.88. The second-order valence-electron chi connectivity index (χ2n) is 8.58. The summed E-state index contributed by atoms with van der Waals surface area (Å²) in [6, 6.07) is 0.952. The van der Waals surface area contributed by atoms with E-state index in [1.54, 1.807) is 18.3 Å². The smallest absolute Gasteiger partial charge is 0.342 e. The number of carbonyl (C=O) groups excluding carboxylic acids is 1. The van der Waals surface area contributed by atoms with Gasteiger partial charge in [-0.2, -0.15) is 35.4 Å². The molecule has 10 nitrogen and oxygen atoms in total. The molecular weight excluding hydrogens is 566 g/mol. The Bertz CT molecular complexity index is 1480. The van der Waals surface area contributed by atoms with Gasteiger partial charge in [0, 0.05) is 31.0 Å². The molecule has 0 saturated heterocycles. The first kappa shape index (κ1) is 30.9. The van der Waals surface area contributed by atoms with Crippen LogP contribution in [-0.2, 0) is 22.3 Å².